The third-order valence-electron chi connectivity index (χ3n) is 10.5. The van der Waals surface area contributed by atoms with E-state index < -0.39 is 89.6 Å². The molecule has 1 saturated carbocycles. The zero-order chi connectivity index (χ0) is 50.5. The first-order chi connectivity index (χ1) is 32.5. The summed E-state index contributed by atoms with van der Waals surface area (Å²) < 4.78 is 49.3. The molecule has 1 aliphatic rings. The molecule has 0 saturated heterocycles. The SMILES string of the molecule is CC/C=C\C/C=C\CC(O)/C=C/C=C\C/C=C\C/C=C\CCC(=O)O[C@H](COC(=O)CCCCCCCCC/C=C\CCCCCC)COP(=O)(O)O[C@H]1C(O)C(O)C(O)[C@@H](OP(=O)(O)O)C1O. The van der Waals surface area contributed by atoms with Crippen molar-refractivity contribution in [3.8, 4) is 0 Å². The first-order valence-electron chi connectivity index (χ1n) is 24.2. The first kappa shape index (κ1) is 63.2. The van der Waals surface area contributed by atoms with Crippen LogP contribution in [0.4, 0.5) is 0 Å². The number of allylic oxidation sites excluding steroid dienone is 12. The zero-order valence-electron chi connectivity index (χ0n) is 40.1. The second-order valence-electron chi connectivity index (χ2n) is 16.6. The smallest absolute Gasteiger partial charge is 0.462 e. The number of carbonyl (C=O) groups is 2. The van der Waals surface area contributed by atoms with Gasteiger partial charge in [-0.3, -0.25) is 23.2 Å². The molecule has 1 rings (SSSR count). The minimum Gasteiger partial charge on any atom is -0.462 e. The van der Waals surface area contributed by atoms with Gasteiger partial charge in [-0.1, -0.05) is 150 Å². The van der Waals surface area contributed by atoms with E-state index in [-0.39, 0.29) is 19.3 Å². The van der Waals surface area contributed by atoms with Crippen molar-refractivity contribution in [2.24, 2.45) is 0 Å². The zero-order valence-corrected chi connectivity index (χ0v) is 41.9. The van der Waals surface area contributed by atoms with Crippen LogP contribution >= 0.6 is 15.6 Å². The normalized spacial score (nSPS) is 22.4. The van der Waals surface area contributed by atoms with Crippen LogP contribution in [0.25, 0.3) is 0 Å². The number of ether oxygens (including phenoxy) is 2. The summed E-state index contributed by atoms with van der Waals surface area (Å²) in [5.74, 6) is -1.34. The number of phosphoric ester groups is 2. The van der Waals surface area contributed by atoms with Gasteiger partial charge in [0.15, 0.2) is 6.10 Å². The molecule has 0 aromatic rings. The fourth-order valence-electron chi connectivity index (χ4n) is 6.78. The van der Waals surface area contributed by atoms with Gasteiger partial charge in [-0.15, -0.1) is 0 Å². The maximum atomic E-state index is 13.0. The molecule has 17 nitrogen and oxygen atoms in total. The van der Waals surface area contributed by atoms with E-state index in [9.17, 15) is 58.9 Å². The summed E-state index contributed by atoms with van der Waals surface area (Å²) in [5, 5.41) is 51.3. The molecule has 9 atom stereocenters. The highest BCUT2D eigenvalue weighted by Gasteiger charge is 2.54. The lowest BCUT2D eigenvalue weighted by atomic mass is 9.85. The number of hydrogen-bond donors (Lipinski definition) is 8. The van der Waals surface area contributed by atoms with Gasteiger partial charge in [-0.05, 0) is 70.6 Å². The van der Waals surface area contributed by atoms with Crippen LogP contribution in [0, 0.1) is 0 Å². The van der Waals surface area contributed by atoms with Gasteiger partial charge >= 0.3 is 27.6 Å². The lowest BCUT2D eigenvalue weighted by Crippen LogP contribution is -2.64. The molecule has 0 bridgehead atoms. The molecule has 19 heteroatoms. The average molecular weight is 1010 g/mol. The van der Waals surface area contributed by atoms with Gasteiger partial charge in [0.2, 0.25) is 0 Å². The number of rotatable bonds is 39. The number of unbranched alkanes of at least 4 members (excludes halogenated alkanes) is 11. The molecule has 8 N–H and O–H groups in total. The summed E-state index contributed by atoms with van der Waals surface area (Å²) in [6, 6.07) is 0. The molecular weight excluding hydrogens is 922 g/mol. The predicted molar refractivity (Wildman–Crippen MR) is 261 cm³/mol. The van der Waals surface area contributed by atoms with Gasteiger partial charge < -0.3 is 49.7 Å². The van der Waals surface area contributed by atoms with Crippen LogP contribution in [0.2, 0.25) is 0 Å². The highest BCUT2D eigenvalue weighted by Crippen LogP contribution is 2.49. The minimum absolute atomic E-state index is 0.0855. The van der Waals surface area contributed by atoms with Crippen molar-refractivity contribution in [1.29, 1.82) is 0 Å². The standard InChI is InChI=1S/C49H82O17P2/c1-3-5-7-9-11-12-13-14-15-16-17-21-24-28-32-36-42(51)62-38-41(39-63-68(60,61)66-49-46(55)44(53)45(54)48(47(49)56)65-67(57,58)59)64-43(52)37-33-29-25-22-19-18-20-23-27-31-35-40(50)34-30-26-10-8-6-4-2/h6,8,12-13,18-19,23,25-27,29-31,35,40-41,44-50,53-56H,3-5,7,9-11,14-17,20-22,24,28,32-34,36-39H2,1-2H3,(H,60,61)(H2,57,58,59)/b8-6-,13-12-,19-18-,27-23-,29-25-,30-26-,35-31+/t40?,41-,44?,45?,46?,47?,48-,49+/m1/s1. The Morgan fingerprint density at radius 3 is 1.74 bits per heavy atom. The summed E-state index contributed by atoms with van der Waals surface area (Å²) in [6.45, 7) is 2.85. The Morgan fingerprint density at radius 2 is 1.10 bits per heavy atom. The molecule has 0 heterocycles. The topological polar surface area (TPSA) is 276 Å². The Kier molecular flexibility index (Phi) is 36.1. The van der Waals surface area contributed by atoms with E-state index in [0.29, 0.717) is 25.7 Å². The molecule has 0 aromatic carbocycles. The summed E-state index contributed by atoms with van der Waals surface area (Å²) in [4.78, 5) is 54.3. The molecule has 0 aromatic heterocycles. The molecular formula is C49H82O17P2. The molecule has 1 aliphatic carbocycles. The average Bonchev–Trinajstić information content (AvgIpc) is 3.29. The molecule has 68 heavy (non-hydrogen) atoms. The Morgan fingerprint density at radius 1 is 0.559 bits per heavy atom. The summed E-state index contributed by atoms with van der Waals surface area (Å²) >= 11 is 0. The maximum Gasteiger partial charge on any atom is 0.472 e. The van der Waals surface area contributed by atoms with E-state index in [1.54, 1.807) is 18.2 Å². The molecule has 390 valence electrons. The molecule has 0 aliphatic heterocycles. The van der Waals surface area contributed by atoms with Gasteiger partial charge in [0.25, 0.3) is 0 Å². The monoisotopic (exact) mass is 1000 g/mol. The highest BCUT2D eigenvalue weighted by molar-refractivity contribution is 7.47. The van der Waals surface area contributed by atoms with E-state index in [1.165, 1.54) is 25.7 Å². The summed E-state index contributed by atoms with van der Waals surface area (Å²) in [7, 11) is -10.7. The van der Waals surface area contributed by atoms with Gasteiger partial charge in [-0.25, -0.2) is 9.13 Å². The lowest BCUT2D eigenvalue weighted by Gasteiger charge is -2.43. The van der Waals surface area contributed by atoms with E-state index in [1.807, 2.05) is 42.5 Å². The van der Waals surface area contributed by atoms with Crippen molar-refractivity contribution >= 4 is 27.6 Å². The van der Waals surface area contributed by atoms with Crippen LogP contribution in [-0.2, 0) is 41.8 Å². The number of aliphatic hydroxyl groups excluding tert-OH is 5. The third-order valence-corrected chi connectivity index (χ3v) is 12.1. The summed E-state index contributed by atoms with van der Waals surface area (Å²) in [5.41, 5.74) is 0. The first-order valence-corrected chi connectivity index (χ1v) is 27.3. The molecule has 0 amide bonds. The second kappa shape index (κ2) is 38.8. The summed E-state index contributed by atoms with van der Waals surface area (Å²) in [6.07, 6.45) is 30.0. The van der Waals surface area contributed by atoms with Crippen molar-refractivity contribution in [3.63, 3.8) is 0 Å². The van der Waals surface area contributed by atoms with Crippen molar-refractivity contribution < 1.29 is 82.0 Å². The van der Waals surface area contributed by atoms with Crippen molar-refractivity contribution in [3.05, 3.63) is 85.1 Å². The molecule has 0 spiro atoms. The van der Waals surface area contributed by atoms with Crippen LogP contribution in [0.1, 0.15) is 149 Å². The van der Waals surface area contributed by atoms with Gasteiger partial charge in [0, 0.05) is 12.8 Å². The van der Waals surface area contributed by atoms with Gasteiger partial charge in [0.05, 0.1) is 12.7 Å². The van der Waals surface area contributed by atoms with Crippen molar-refractivity contribution in [2.45, 2.75) is 198 Å². The van der Waals surface area contributed by atoms with Crippen LogP contribution < -0.4 is 0 Å². The Bertz CT molecular complexity index is 1650. The van der Waals surface area contributed by atoms with Crippen LogP contribution in [0.5, 0.6) is 0 Å². The molecule has 6 unspecified atom stereocenters. The van der Waals surface area contributed by atoms with Crippen molar-refractivity contribution in [2.75, 3.05) is 13.2 Å². The molecule has 0 radical (unpaired) electrons. The number of hydrogen-bond acceptors (Lipinski definition) is 14. The third kappa shape index (κ3) is 32.9. The number of esters is 2. The highest BCUT2D eigenvalue weighted by atomic mass is 31.2. The second-order valence-corrected chi connectivity index (χ2v) is 19.2. The van der Waals surface area contributed by atoms with Gasteiger partial charge in [-0.2, -0.15) is 0 Å². The Hall–Kier alpha value is -2.86. The van der Waals surface area contributed by atoms with Crippen LogP contribution in [-0.4, -0.2) is 114 Å². The number of phosphoric acid groups is 2. The largest absolute Gasteiger partial charge is 0.472 e. The van der Waals surface area contributed by atoms with Crippen LogP contribution in [0.15, 0.2) is 85.1 Å². The fourth-order valence-corrected chi connectivity index (χ4v) is 8.32. The quantitative estimate of drug-likeness (QED) is 0.00944. The van der Waals surface area contributed by atoms with Crippen LogP contribution in [0.3, 0.4) is 0 Å². The Balaban J connectivity index is 2.67. The van der Waals surface area contributed by atoms with E-state index in [4.69, 9.17) is 18.5 Å². The van der Waals surface area contributed by atoms with Gasteiger partial charge in [0.1, 0.15) is 43.2 Å². The van der Waals surface area contributed by atoms with E-state index in [0.717, 1.165) is 64.2 Å². The van der Waals surface area contributed by atoms with E-state index in [2.05, 4.69) is 42.7 Å². The van der Waals surface area contributed by atoms with Crippen molar-refractivity contribution in [1.82, 2.24) is 0 Å². The lowest BCUT2D eigenvalue weighted by molar-refractivity contribution is -0.216. The maximum absolute atomic E-state index is 13.0. The minimum atomic E-state index is -5.38. The number of aliphatic hydroxyl groups is 5. The molecule has 1 fully saturated rings. The predicted octanol–water partition coefficient (Wildman–Crippen LogP) is 8.36. The van der Waals surface area contributed by atoms with E-state index >= 15 is 0 Å². The fraction of sp³-hybridized carbons (Fsp3) is 0.673. The number of carbonyl (C=O) groups excluding carboxylic acids is 2. The Labute approximate surface area is 404 Å².